The minimum atomic E-state index is -1.38. The van der Waals surface area contributed by atoms with E-state index in [-0.39, 0.29) is 17.8 Å². The van der Waals surface area contributed by atoms with Gasteiger partial charge in [-0.25, -0.2) is 4.67 Å². The largest absolute Gasteiger partial charge is 0.469 e. The molecule has 2 bridgehead atoms. The van der Waals surface area contributed by atoms with Crippen LogP contribution < -0.4 is 4.67 Å². The van der Waals surface area contributed by atoms with Crippen LogP contribution in [0.5, 0.6) is 0 Å². The molecule has 0 saturated carbocycles. The van der Waals surface area contributed by atoms with Gasteiger partial charge in [-0.15, -0.1) is 0 Å². The molecule has 0 radical (unpaired) electrons. The van der Waals surface area contributed by atoms with Crippen molar-refractivity contribution in [2.75, 3.05) is 38.1 Å². The molecule has 2 fully saturated rings. The molecule has 7 heteroatoms. The summed E-state index contributed by atoms with van der Waals surface area (Å²) in [6.07, 6.45) is 4.46. The van der Waals surface area contributed by atoms with Crippen LogP contribution in [0.1, 0.15) is 19.3 Å². The molecule has 40 heavy (non-hydrogen) atoms. The van der Waals surface area contributed by atoms with Crippen LogP contribution in [0.25, 0.3) is 43.5 Å². The van der Waals surface area contributed by atoms with Crippen LogP contribution in [0.2, 0.25) is 0 Å². The van der Waals surface area contributed by atoms with Crippen molar-refractivity contribution in [3.8, 4) is 0 Å². The fourth-order valence-electron chi connectivity index (χ4n) is 6.34. The van der Waals surface area contributed by atoms with E-state index in [1.165, 1.54) is 34.2 Å². The summed E-state index contributed by atoms with van der Waals surface area (Å²) in [6.45, 7) is 3.02. The Morgan fingerprint density at radius 2 is 1.45 bits per heavy atom. The second kappa shape index (κ2) is 10.8. The number of carbonyl (C=O) groups is 1. The molecule has 2 saturated heterocycles. The Kier molecular flexibility index (Phi) is 6.84. The lowest BCUT2D eigenvalue weighted by Gasteiger charge is -2.41. The molecule has 204 valence electrons. The first-order valence-electron chi connectivity index (χ1n) is 14.0. The molecule has 0 amide bonds. The lowest BCUT2D eigenvalue weighted by Crippen LogP contribution is -2.47. The SMILES string of the molecule is COC(=O)CCCC=C1C2COCC1CN(p1oc3ccc4ccccc4c3c3c(ccc4ccccc43)o1)C2. The van der Waals surface area contributed by atoms with E-state index in [0.29, 0.717) is 19.6 Å². The average Bonchev–Trinajstić information content (AvgIpc) is 3.16. The summed E-state index contributed by atoms with van der Waals surface area (Å²) in [6, 6.07) is 25.5. The third-order valence-electron chi connectivity index (χ3n) is 8.25. The van der Waals surface area contributed by atoms with Crippen molar-refractivity contribution in [1.29, 1.82) is 0 Å². The Labute approximate surface area is 233 Å². The number of nitrogens with zero attached hydrogens (tertiary/aromatic N) is 1. The van der Waals surface area contributed by atoms with Gasteiger partial charge in [0, 0.05) is 42.1 Å². The molecular formula is C33H32NO5P. The van der Waals surface area contributed by atoms with Crippen LogP contribution in [0, 0.1) is 11.8 Å². The van der Waals surface area contributed by atoms with Crippen molar-refractivity contribution in [3.05, 3.63) is 84.4 Å². The zero-order chi connectivity index (χ0) is 27.1. The van der Waals surface area contributed by atoms with Crippen LogP contribution >= 0.6 is 8.16 Å². The standard InChI is InChI=1S/C33H32NO5P/c1-36-31(35)13-7-6-10-26-24-18-34(19-25(26)21-37-20-24)40-38-29-16-14-22-8-2-4-11-27(22)32(29)33-28-12-5-3-9-23(28)15-17-30(33)39-40/h2-5,8-12,14-17,24-25H,6-7,13,18-21H2,1H3. The van der Waals surface area contributed by atoms with Gasteiger partial charge in [0.05, 0.1) is 20.3 Å². The first-order chi connectivity index (χ1) is 19.7. The third-order valence-corrected chi connectivity index (χ3v) is 9.75. The average molecular weight is 554 g/mol. The summed E-state index contributed by atoms with van der Waals surface area (Å²) >= 11 is 0. The van der Waals surface area contributed by atoms with Crippen LogP contribution in [0.15, 0.2) is 92.8 Å². The number of benzene rings is 4. The predicted octanol–water partition coefficient (Wildman–Crippen LogP) is 8.08. The highest BCUT2D eigenvalue weighted by Crippen LogP contribution is 2.45. The maximum atomic E-state index is 11.5. The summed E-state index contributed by atoms with van der Waals surface area (Å²) in [4.78, 5) is 11.5. The van der Waals surface area contributed by atoms with Gasteiger partial charge in [0.25, 0.3) is 0 Å². The van der Waals surface area contributed by atoms with E-state index in [4.69, 9.17) is 17.9 Å². The van der Waals surface area contributed by atoms with E-state index in [9.17, 15) is 4.79 Å². The summed E-state index contributed by atoms with van der Waals surface area (Å²) in [5.41, 5.74) is 3.19. The Morgan fingerprint density at radius 3 is 2.02 bits per heavy atom. The van der Waals surface area contributed by atoms with Crippen molar-refractivity contribution in [1.82, 2.24) is 0 Å². The van der Waals surface area contributed by atoms with Gasteiger partial charge in [-0.2, -0.15) is 0 Å². The smallest absolute Gasteiger partial charge is 0.309 e. The van der Waals surface area contributed by atoms with Crippen LogP contribution in [0.4, 0.5) is 0 Å². The summed E-state index contributed by atoms with van der Waals surface area (Å²) in [5, 5.41) is 6.89. The second-order valence-corrected chi connectivity index (χ2v) is 12.1. The summed E-state index contributed by atoms with van der Waals surface area (Å²) in [7, 11) is 0.0617. The third kappa shape index (κ3) is 4.60. The Morgan fingerprint density at radius 1 is 0.875 bits per heavy atom. The molecule has 0 N–H and O–H groups in total. The highest BCUT2D eigenvalue weighted by atomic mass is 31.1. The fourth-order valence-corrected chi connectivity index (χ4v) is 7.91. The van der Waals surface area contributed by atoms with E-state index in [0.717, 1.165) is 47.9 Å². The number of carbonyl (C=O) groups excluding carboxylic acids is 1. The molecule has 7 rings (SSSR count). The van der Waals surface area contributed by atoms with Crippen LogP contribution in [-0.4, -0.2) is 39.4 Å². The van der Waals surface area contributed by atoms with Gasteiger partial charge in [0.2, 0.25) is 0 Å². The van der Waals surface area contributed by atoms with Gasteiger partial charge >= 0.3 is 14.1 Å². The molecule has 6 nitrogen and oxygen atoms in total. The first kappa shape index (κ1) is 25.4. The molecular weight excluding hydrogens is 521 g/mol. The summed E-state index contributed by atoms with van der Waals surface area (Å²) < 4.78 is 26.8. The highest BCUT2D eigenvalue weighted by Gasteiger charge is 2.37. The number of rotatable bonds is 5. The van der Waals surface area contributed by atoms with Gasteiger partial charge in [-0.3, -0.25) is 4.79 Å². The Balaban J connectivity index is 1.34. The molecule has 5 aromatic rings. The molecule has 2 aliphatic rings. The monoisotopic (exact) mass is 553 g/mol. The summed E-state index contributed by atoms with van der Waals surface area (Å²) in [5.74, 6) is 0.426. The lowest BCUT2D eigenvalue weighted by molar-refractivity contribution is -0.140. The molecule has 0 spiro atoms. The van der Waals surface area contributed by atoms with E-state index in [1.54, 1.807) is 0 Å². The number of fused-ring (bicyclic) bond motifs is 9. The quantitative estimate of drug-likeness (QED) is 0.125. The van der Waals surface area contributed by atoms with E-state index < -0.39 is 8.16 Å². The maximum Gasteiger partial charge on any atom is 0.309 e. The molecule has 0 aliphatic carbocycles. The number of methoxy groups -OCH3 is 1. The number of allylic oxidation sites excluding steroid dienone is 1. The number of hydrogen-bond acceptors (Lipinski definition) is 6. The molecule has 4 aromatic carbocycles. The molecule has 2 unspecified atom stereocenters. The van der Waals surface area contributed by atoms with Gasteiger partial charge in [-0.1, -0.05) is 72.3 Å². The molecule has 3 heterocycles. The van der Waals surface area contributed by atoms with E-state index in [2.05, 4.69) is 83.5 Å². The predicted molar refractivity (Wildman–Crippen MR) is 161 cm³/mol. The van der Waals surface area contributed by atoms with Crippen molar-refractivity contribution in [2.24, 2.45) is 11.8 Å². The highest BCUT2D eigenvalue weighted by molar-refractivity contribution is 7.39. The number of ether oxygens (including phenoxy) is 2. The van der Waals surface area contributed by atoms with Crippen LogP contribution in [0.3, 0.4) is 0 Å². The number of hydrogen-bond donors (Lipinski definition) is 0. The first-order valence-corrected chi connectivity index (χ1v) is 15.1. The number of esters is 1. The molecule has 1 aromatic heterocycles. The van der Waals surface area contributed by atoms with Gasteiger partial charge in [0.1, 0.15) is 11.2 Å². The maximum absolute atomic E-state index is 11.5. The minimum absolute atomic E-state index is 0.150. The zero-order valence-corrected chi connectivity index (χ0v) is 23.4. The number of piperidine rings is 1. The van der Waals surface area contributed by atoms with Crippen molar-refractivity contribution in [3.63, 3.8) is 0 Å². The Hall–Kier alpha value is -3.57. The second-order valence-electron chi connectivity index (χ2n) is 10.7. The van der Waals surface area contributed by atoms with Crippen molar-refractivity contribution in [2.45, 2.75) is 19.3 Å². The topological polar surface area (TPSA) is 65.1 Å². The van der Waals surface area contributed by atoms with Gasteiger partial charge in [-0.05, 0) is 46.5 Å². The minimum Gasteiger partial charge on any atom is -0.469 e. The van der Waals surface area contributed by atoms with Gasteiger partial charge in [0.15, 0.2) is 0 Å². The Bertz CT molecular complexity index is 1700. The molecule has 2 atom stereocenters. The normalized spacial score (nSPS) is 19.4. The van der Waals surface area contributed by atoms with Crippen LogP contribution in [-0.2, 0) is 14.3 Å². The fraction of sp³-hybridized carbons (Fsp3) is 0.303. The van der Waals surface area contributed by atoms with Gasteiger partial charge < -0.3 is 17.9 Å². The van der Waals surface area contributed by atoms with Crippen molar-refractivity contribution >= 4 is 57.6 Å². The number of unbranched alkanes of at least 4 members (excludes halogenated alkanes) is 1. The lowest BCUT2D eigenvalue weighted by atomic mass is 9.82. The van der Waals surface area contributed by atoms with E-state index in [1.807, 2.05) is 0 Å². The van der Waals surface area contributed by atoms with E-state index >= 15 is 0 Å². The zero-order valence-electron chi connectivity index (χ0n) is 22.5. The molecule has 2 aliphatic heterocycles. The van der Waals surface area contributed by atoms with Crippen molar-refractivity contribution < 1.29 is 22.7 Å².